The van der Waals surface area contributed by atoms with Crippen LogP contribution in [0.2, 0.25) is 0 Å². The summed E-state index contributed by atoms with van der Waals surface area (Å²) in [6, 6.07) is -0.606. The van der Waals surface area contributed by atoms with E-state index < -0.39 is 6.04 Å². The fraction of sp³-hybridized carbons (Fsp3) is 0.722. The monoisotopic (exact) mass is 383 g/mol. The Morgan fingerprint density at radius 1 is 1.31 bits per heavy atom. The molecule has 2 heterocycles. The second-order valence-electron chi connectivity index (χ2n) is 7.21. The molecule has 2 N–H and O–H groups in total. The molecule has 2 atom stereocenters. The zero-order valence-corrected chi connectivity index (χ0v) is 16.4. The number of nitrogens with one attached hydrogen (secondary N) is 2. The molecular weight excluding hydrogens is 354 g/mol. The SMILES string of the molecule is C[C@H](NC(=O)C1CCCCC1)C(=O)N1CCNCC1c1nccn1C.Cl. The normalized spacial score (nSPS) is 22.4. The molecule has 0 aromatic carbocycles. The highest BCUT2D eigenvalue weighted by molar-refractivity contribution is 5.88. The van der Waals surface area contributed by atoms with Gasteiger partial charge in [0.25, 0.3) is 0 Å². The summed E-state index contributed by atoms with van der Waals surface area (Å²) >= 11 is 0. The summed E-state index contributed by atoms with van der Waals surface area (Å²) < 4.78 is 1.95. The molecule has 26 heavy (non-hydrogen) atoms. The number of carbonyl (C=O) groups excluding carboxylic acids is 2. The van der Waals surface area contributed by atoms with Crippen molar-refractivity contribution in [2.24, 2.45) is 13.0 Å². The third kappa shape index (κ3) is 4.57. The fourth-order valence-electron chi connectivity index (χ4n) is 3.90. The molecule has 146 valence electrons. The van der Waals surface area contributed by atoms with Crippen molar-refractivity contribution in [3.05, 3.63) is 18.2 Å². The minimum absolute atomic E-state index is 0. The summed E-state index contributed by atoms with van der Waals surface area (Å²) in [5, 5.41) is 6.28. The first kappa shape index (κ1) is 20.7. The van der Waals surface area contributed by atoms with Crippen LogP contribution in [0.25, 0.3) is 0 Å². The van der Waals surface area contributed by atoms with Crippen LogP contribution in [0.3, 0.4) is 0 Å². The van der Waals surface area contributed by atoms with Crippen LogP contribution in [0.4, 0.5) is 0 Å². The second-order valence-corrected chi connectivity index (χ2v) is 7.21. The molecule has 3 rings (SSSR count). The number of carbonyl (C=O) groups is 2. The van der Waals surface area contributed by atoms with Gasteiger partial charge in [0.1, 0.15) is 17.9 Å². The van der Waals surface area contributed by atoms with E-state index in [1.165, 1.54) is 6.42 Å². The van der Waals surface area contributed by atoms with E-state index in [1.54, 1.807) is 13.1 Å². The average molecular weight is 384 g/mol. The van der Waals surface area contributed by atoms with E-state index in [0.29, 0.717) is 13.1 Å². The van der Waals surface area contributed by atoms with Crippen LogP contribution in [0, 0.1) is 5.92 Å². The summed E-state index contributed by atoms with van der Waals surface area (Å²) in [6.45, 7) is 3.86. The van der Waals surface area contributed by atoms with Gasteiger partial charge in [-0.2, -0.15) is 0 Å². The molecule has 7 nitrogen and oxygen atoms in total. The van der Waals surface area contributed by atoms with Gasteiger partial charge in [0.15, 0.2) is 0 Å². The van der Waals surface area contributed by atoms with Gasteiger partial charge in [0, 0.05) is 45.0 Å². The number of imidazole rings is 1. The Balaban J connectivity index is 0.00000243. The number of amides is 2. The van der Waals surface area contributed by atoms with E-state index in [1.807, 2.05) is 22.7 Å². The highest BCUT2D eigenvalue weighted by Crippen LogP contribution is 2.24. The number of nitrogens with zero attached hydrogens (tertiary/aromatic N) is 3. The number of hydrogen-bond donors (Lipinski definition) is 2. The van der Waals surface area contributed by atoms with Gasteiger partial charge in [-0.15, -0.1) is 12.4 Å². The Bertz CT molecular complexity index is 614. The van der Waals surface area contributed by atoms with Gasteiger partial charge in [0.05, 0.1) is 0 Å². The summed E-state index contributed by atoms with van der Waals surface area (Å²) in [5.74, 6) is 0.937. The minimum Gasteiger partial charge on any atom is -0.344 e. The summed E-state index contributed by atoms with van der Waals surface area (Å²) in [4.78, 5) is 31.7. The third-order valence-corrected chi connectivity index (χ3v) is 5.39. The minimum atomic E-state index is -0.504. The number of aromatic nitrogens is 2. The average Bonchev–Trinajstić information content (AvgIpc) is 3.07. The number of aryl methyl sites for hydroxylation is 1. The molecule has 1 saturated heterocycles. The lowest BCUT2D eigenvalue weighted by molar-refractivity contribution is -0.140. The molecule has 2 aliphatic rings. The van der Waals surface area contributed by atoms with Gasteiger partial charge in [-0.25, -0.2) is 4.98 Å². The van der Waals surface area contributed by atoms with Gasteiger partial charge in [-0.3, -0.25) is 9.59 Å². The summed E-state index contributed by atoms with van der Waals surface area (Å²) in [5.41, 5.74) is 0. The standard InChI is InChI=1S/C18H29N5O2.ClH/c1-13(21-17(24)14-6-4-3-5-7-14)18(25)23-11-8-19-12-15(23)16-20-9-10-22(16)2;/h9-10,13-15,19H,3-8,11-12H2,1-2H3,(H,21,24);1H/t13-,15?;/m0./s1. The maximum Gasteiger partial charge on any atom is 0.245 e. The highest BCUT2D eigenvalue weighted by Gasteiger charge is 2.34. The van der Waals surface area contributed by atoms with Crippen molar-refractivity contribution in [3.63, 3.8) is 0 Å². The first-order chi connectivity index (χ1) is 12.1. The van der Waals surface area contributed by atoms with E-state index in [-0.39, 0.29) is 36.2 Å². The largest absolute Gasteiger partial charge is 0.344 e. The van der Waals surface area contributed by atoms with Crippen LogP contribution in [0.15, 0.2) is 12.4 Å². The molecule has 1 aliphatic heterocycles. The van der Waals surface area contributed by atoms with Crippen molar-refractivity contribution in [2.75, 3.05) is 19.6 Å². The van der Waals surface area contributed by atoms with Crippen LogP contribution < -0.4 is 10.6 Å². The van der Waals surface area contributed by atoms with Crippen molar-refractivity contribution in [1.29, 1.82) is 0 Å². The van der Waals surface area contributed by atoms with Gasteiger partial charge in [-0.1, -0.05) is 19.3 Å². The molecule has 8 heteroatoms. The maximum absolute atomic E-state index is 13.0. The molecule has 1 aromatic heterocycles. The van der Waals surface area contributed by atoms with E-state index in [9.17, 15) is 9.59 Å². The van der Waals surface area contributed by atoms with Crippen LogP contribution in [-0.4, -0.2) is 51.9 Å². The molecule has 2 fully saturated rings. The number of hydrogen-bond acceptors (Lipinski definition) is 4. The first-order valence-corrected chi connectivity index (χ1v) is 9.36. The molecule has 1 aliphatic carbocycles. The zero-order valence-electron chi connectivity index (χ0n) is 15.6. The van der Waals surface area contributed by atoms with Gasteiger partial charge in [-0.05, 0) is 19.8 Å². The van der Waals surface area contributed by atoms with E-state index in [2.05, 4.69) is 15.6 Å². The molecular formula is C18H30ClN5O2. The smallest absolute Gasteiger partial charge is 0.245 e. The molecule has 2 amide bonds. The first-order valence-electron chi connectivity index (χ1n) is 9.36. The molecule has 0 spiro atoms. The van der Waals surface area contributed by atoms with Gasteiger partial charge in [0.2, 0.25) is 11.8 Å². The lowest BCUT2D eigenvalue weighted by atomic mass is 9.88. The van der Waals surface area contributed by atoms with Crippen LogP contribution >= 0.6 is 12.4 Å². The van der Waals surface area contributed by atoms with Crippen molar-refractivity contribution in [2.45, 2.75) is 51.1 Å². The quantitative estimate of drug-likeness (QED) is 0.823. The Morgan fingerprint density at radius 3 is 2.69 bits per heavy atom. The van der Waals surface area contributed by atoms with Crippen LogP contribution in [-0.2, 0) is 16.6 Å². The lowest BCUT2D eigenvalue weighted by Gasteiger charge is -2.37. The van der Waals surface area contributed by atoms with Crippen molar-refractivity contribution in [3.8, 4) is 0 Å². The molecule has 0 bridgehead atoms. The van der Waals surface area contributed by atoms with E-state index in [4.69, 9.17) is 0 Å². The fourth-order valence-corrected chi connectivity index (χ4v) is 3.90. The van der Waals surface area contributed by atoms with Gasteiger partial charge < -0.3 is 20.1 Å². The Hall–Kier alpha value is -1.60. The Kier molecular flexibility index (Phi) is 7.46. The topological polar surface area (TPSA) is 79.3 Å². The van der Waals surface area contributed by atoms with Crippen LogP contribution in [0.5, 0.6) is 0 Å². The summed E-state index contributed by atoms with van der Waals surface area (Å²) in [6.07, 6.45) is 8.96. The highest BCUT2D eigenvalue weighted by atomic mass is 35.5. The summed E-state index contributed by atoms with van der Waals surface area (Å²) in [7, 11) is 1.94. The predicted octanol–water partition coefficient (Wildman–Crippen LogP) is 1.40. The predicted molar refractivity (Wildman–Crippen MR) is 102 cm³/mol. The lowest BCUT2D eigenvalue weighted by Crippen LogP contribution is -2.55. The molecule has 1 aromatic rings. The number of rotatable bonds is 4. The van der Waals surface area contributed by atoms with Crippen molar-refractivity contribution in [1.82, 2.24) is 25.1 Å². The van der Waals surface area contributed by atoms with Crippen molar-refractivity contribution >= 4 is 24.2 Å². The number of piperazine rings is 1. The Morgan fingerprint density at radius 2 is 2.04 bits per heavy atom. The van der Waals surface area contributed by atoms with Crippen LogP contribution in [0.1, 0.15) is 50.9 Å². The Labute approximate surface area is 161 Å². The molecule has 1 saturated carbocycles. The second kappa shape index (κ2) is 9.37. The zero-order chi connectivity index (χ0) is 17.8. The van der Waals surface area contributed by atoms with E-state index >= 15 is 0 Å². The maximum atomic E-state index is 13.0. The molecule has 1 unspecified atom stereocenters. The number of halogens is 1. The van der Waals surface area contributed by atoms with E-state index in [0.717, 1.165) is 38.1 Å². The van der Waals surface area contributed by atoms with Gasteiger partial charge >= 0.3 is 0 Å². The molecule has 0 radical (unpaired) electrons. The van der Waals surface area contributed by atoms with Crippen molar-refractivity contribution < 1.29 is 9.59 Å². The third-order valence-electron chi connectivity index (χ3n) is 5.39.